The van der Waals surface area contributed by atoms with Gasteiger partial charge in [-0.2, -0.15) is 0 Å². The molecule has 1 aromatic carbocycles. The van der Waals surface area contributed by atoms with Crippen molar-refractivity contribution >= 4 is 29.4 Å². The SMILES string of the molecule is NC(N)=Nc1cccc(C(=O)NCC(=O)NC#CC(=O)O)c1. The number of nitrogens with zero attached hydrogens (tertiary/aromatic N) is 1. The van der Waals surface area contributed by atoms with Crippen molar-refractivity contribution in [2.45, 2.75) is 0 Å². The lowest BCUT2D eigenvalue weighted by Crippen LogP contribution is -2.35. The highest BCUT2D eigenvalue weighted by Crippen LogP contribution is 2.13. The van der Waals surface area contributed by atoms with E-state index in [1.165, 1.54) is 12.1 Å². The van der Waals surface area contributed by atoms with Crippen molar-refractivity contribution in [3.8, 4) is 12.0 Å². The van der Waals surface area contributed by atoms with Gasteiger partial charge in [-0.3, -0.25) is 14.9 Å². The summed E-state index contributed by atoms with van der Waals surface area (Å²) in [6.45, 7) is -0.361. The van der Waals surface area contributed by atoms with Crippen LogP contribution >= 0.6 is 0 Å². The summed E-state index contributed by atoms with van der Waals surface area (Å²) in [4.78, 5) is 37.0. The average molecular weight is 303 g/mol. The van der Waals surface area contributed by atoms with Crippen LogP contribution in [-0.4, -0.2) is 35.4 Å². The molecule has 0 unspecified atom stereocenters. The summed E-state index contributed by atoms with van der Waals surface area (Å²) in [7, 11) is 0. The Labute approximate surface area is 125 Å². The quantitative estimate of drug-likeness (QED) is 0.196. The molecule has 0 bridgehead atoms. The zero-order chi connectivity index (χ0) is 16.5. The molecule has 0 aliphatic heterocycles. The van der Waals surface area contributed by atoms with E-state index >= 15 is 0 Å². The van der Waals surface area contributed by atoms with Crippen LogP contribution in [0.5, 0.6) is 0 Å². The summed E-state index contributed by atoms with van der Waals surface area (Å²) in [5, 5.41) is 12.6. The van der Waals surface area contributed by atoms with Gasteiger partial charge in [-0.25, -0.2) is 9.79 Å². The third-order valence-electron chi connectivity index (χ3n) is 2.15. The number of amides is 2. The molecule has 2 amide bonds. The van der Waals surface area contributed by atoms with E-state index in [1.807, 2.05) is 11.4 Å². The number of rotatable bonds is 4. The van der Waals surface area contributed by atoms with Gasteiger partial charge in [0.05, 0.1) is 12.2 Å². The molecule has 0 aromatic heterocycles. The van der Waals surface area contributed by atoms with Crippen LogP contribution in [0.3, 0.4) is 0 Å². The Kier molecular flexibility index (Phi) is 5.94. The molecule has 1 rings (SSSR count). The van der Waals surface area contributed by atoms with E-state index in [2.05, 4.69) is 10.3 Å². The summed E-state index contributed by atoms with van der Waals surface area (Å²) in [6, 6.07) is 8.07. The first-order chi connectivity index (χ1) is 10.4. The van der Waals surface area contributed by atoms with Crippen LogP contribution < -0.4 is 22.1 Å². The van der Waals surface area contributed by atoms with Crippen LogP contribution in [0, 0.1) is 12.0 Å². The van der Waals surface area contributed by atoms with E-state index in [0.29, 0.717) is 5.69 Å². The highest BCUT2D eigenvalue weighted by molar-refractivity contribution is 5.97. The molecule has 0 atom stereocenters. The molecule has 0 saturated carbocycles. The van der Waals surface area contributed by atoms with Crippen LogP contribution in [0.2, 0.25) is 0 Å². The van der Waals surface area contributed by atoms with Crippen molar-refractivity contribution in [3.63, 3.8) is 0 Å². The van der Waals surface area contributed by atoms with Crippen molar-refractivity contribution < 1.29 is 19.5 Å². The third-order valence-corrected chi connectivity index (χ3v) is 2.15. The average Bonchev–Trinajstić information content (AvgIpc) is 2.44. The van der Waals surface area contributed by atoms with Crippen molar-refractivity contribution in [2.24, 2.45) is 16.5 Å². The monoisotopic (exact) mass is 303 g/mol. The maximum absolute atomic E-state index is 11.8. The number of nitrogens with one attached hydrogen (secondary N) is 2. The van der Waals surface area contributed by atoms with E-state index in [0.717, 1.165) is 0 Å². The largest absolute Gasteiger partial charge is 0.472 e. The lowest BCUT2D eigenvalue weighted by molar-refractivity contribution is -0.130. The molecule has 1 aromatic rings. The molecule has 0 heterocycles. The predicted molar refractivity (Wildman–Crippen MR) is 77.8 cm³/mol. The van der Waals surface area contributed by atoms with Crippen LogP contribution in [0.4, 0.5) is 5.69 Å². The predicted octanol–water partition coefficient (Wildman–Crippen LogP) is -1.52. The minimum Gasteiger partial charge on any atom is -0.472 e. The van der Waals surface area contributed by atoms with Gasteiger partial charge in [0.1, 0.15) is 0 Å². The number of aliphatic imine (C=N–C) groups is 1. The lowest BCUT2D eigenvalue weighted by Gasteiger charge is -2.04. The molecular formula is C13H13N5O4. The highest BCUT2D eigenvalue weighted by atomic mass is 16.4. The maximum atomic E-state index is 11.8. The molecule has 22 heavy (non-hydrogen) atoms. The van der Waals surface area contributed by atoms with Crippen LogP contribution in [0.25, 0.3) is 0 Å². The first-order valence-electron chi connectivity index (χ1n) is 5.89. The molecular weight excluding hydrogens is 290 g/mol. The summed E-state index contributed by atoms with van der Waals surface area (Å²) in [6.07, 6.45) is 0. The second kappa shape index (κ2) is 7.91. The van der Waals surface area contributed by atoms with Crippen LogP contribution in [-0.2, 0) is 9.59 Å². The van der Waals surface area contributed by atoms with E-state index in [4.69, 9.17) is 16.6 Å². The highest BCUT2D eigenvalue weighted by Gasteiger charge is 2.08. The first kappa shape index (κ1) is 16.5. The minimum absolute atomic E-state index is 0.144. The lowest BCUT2D eigenvalue weighted by atomic mass is 10.2. The normalized spacial score (nSPS) is 8.91. The Morgan fingerprint density at radius 3 is 2.64 bits per heavy atom. The fourth-order valence-electron chi connectivity index (χ4n) is 1.33. The van der Waals surface area contributed by atoms with Gasteiger partial charge in [0.25, 0.3) is 11.8 Å². The fraction of sp³-hybridized carbons (Fsp3) is 0.0769. The summed E-state index contributed by atoms with van der Waals surface area (Å²) < 4.78 is 0. The van der Waals surface area contributed by atoms with Gasteiger partial charge < -0.3 is 21.9 Å². The number of guanidine groups is 1. The van der Waals surface area contributed by atoms with E-state index in [9.17, 15) is 14.4 Å². The Hall–Kier alpha value is -3.54. The Bertz CT molecular complexity index is 683. The second-order valence-corrected chi connectivity index (χ2v) is 3.87. The summed E-state index contributed by atoms with van der Waals surface area (Å²) >= 11 is 0. The first-order valence-corrected chi connectivity index (χ1v) is 5.89. The summed E-state index contributed by atoms with van der Waals surface area (Å²) in [5.74, 6) is -0.984. The van der Waals surface area contributed by atoms with Gasteiger partial charge >= 0.3 is 5.97 Å². The molecule has 0 fully saturated rings. The number of hydrogen-bond donors (Lipinski definition) is 5. The smallest absolute Gasteiger partial charge is 0.383 e. The Morgan fingerprint density at radius 2 is 2.00 bits per heavy atom. The maximum Gasteiger partial charge on any atom is 0.383 e. The molecule has 0 radical (unpaired) electrons. The number of carbonyl (C=O) groups excluding carboxylic acids is 2. The summed E-state index contributed by atoms with van der Waals surface area (Å²) in [5.41, 5.74) is 11.1. The number of benzene rings is 1. The number of carbonyl (C=O) groups is 3. The molecule has 0 aliphatic carbocycles. The number of hydrogen-bond acceptors (Lipinski definition) is 4. The zero-order valence-corrected chi connectivity index (χ0v) is 11.3. The standard InChI is InChI=1S/C13H13N5O4/c14-13(15)18-9-3-1-2-8(6-9)12(22)17-7-10(19)16-5-4-11(20)21/h1-3,6H,7H2,(H,16,19)(H,17,22)(H,20,21)(H4,14,15,18). The van der Waals surface area contributed by atoms with Gasteiger partial charge in [0.15, 0.2) is 5.96 Å². The second-order valence-electron chi connectivity index (χ2n) is 3.87. The topological polar surface area (TPSA) is 160 Å². The van der Waals surface area contributed by atoms with Crippen LogP contribution in [0.15, 0.2) is 29.3 Å². The minimum atomic E-state index is -1.37. The van der Waals surface area contributed by atoms with E-state index < -0.39 is 17.8 Å². The van der Waals surface area contributed by atoms with Crippen LogP contribution in [0.1, 0.15) is 10.4 Å². The van der Waals surface area contributed by atoms with E-state index in [-0.39, 0.29) is 18.1 Å². The van der Waals surface area contributed by atoms with Gasteiger partial charge in [-0.05, 0) is 18.2 Å². The van der Waals surface area contributed by atoms with Gasteiger partial charge in [-0.15, -0.1) is 0 Å². The molecule has 7 N–H and O–H groups in total. The molecule has 114 valence electrons. The van der Waals surface area contributed by atoms with Gasteiger partial charge in [0, 0.05) is 17.5 Å². The Balaban J connectivity index is 2.59. The zero-order valence-electron chi connectivity index (χ0n) is 11.3. The molecule has 0 aliphatic rings. The van der Waals surface area contributed by atoms with E-state index in [1.54, 1.807) is 18.1 Å². The van der Waals surface area contributed by atoms with Crippen molar-refractivity contribution in [2.75, 3.05) is 6.54 Å². The number of aliphatic carboxylic acids is 1. The molecule has 0 spiro atoms. The number of carboxylic acid groups (broad SMARTS) is 1. The number of carboxylic acids is 1. The van der Waals surface area contributed by atoms with Crippen molar-refractivity contribution in [1.29, 1.82) is 0 Å². The van der Waals surface area contributed by atoms with Crippen molar-refractivity contribution in [3.05, 3.63) is 29.8 Å². The fourth-order valence-corrected chi connectivity index (χ4v) is 1.33. The molecule has 9 heteroatoms. The molecule has 0 saturated heterocycles. The molecule has 9 nitrogen and oxygen atoms in total. The third kappa shape index (κ3) is 6.07. The number of nitrogens with two attached hydrogens (primary N) is 2. The van der Waals surface area contributed by atoms with Crippen molar-refractivity contribution in [1.82, 2.24) is 10.6 Å². The van der Waals surface area contributed by atoms with Gasteiger partial charge in [-0.1, -0.05) is 6.07 Å². The Morgan fingerprint density at radius 1 is 1.27 bits per heavy atom. The van der Waals surface area contributed by atoms with Gasteiger partial charge in [0.2, 0.25) is 0 Å².